The Bertz CT molecular complexity index is 914. The number of benzene rings is 2. The van der Waals surface area contributed by atoms with Crippen LogP contribution < -0.4 is 10.1 Å². The van der Waals surface area contributed by atoms with Crippen molar-refractivity contribution in [2.24, 2.45) is 0 Å². The topological polar surface area (TPSA) is 75.7 Å². The summed E-state index contributed by atoms with van der Waals surface area (Å²) in [5.74, 6) is -2.27. The lowest BCUT2D eigenvalue weighted by Crippen LogP contribution is -2.23. The second-order valence-electron chi connectivity index (χ2n) is 5.23. The van der Waals surface area contributed by atoms with Gasteiger partial charge in [0.25, 0.3) is 5.91 Å². The number of hydrogen-bond acceptors (Lipinski definition) is 4. The van der Waals surface area contributed by atoms with Gasteiger partial charge in [0, 0.05) is 25.7 Å². The van der Waals surface area contributed by atoms with Crippen molar-refractivity contribution in [2.45, 2.75) is 4.90 Å². The SMILES string of the molecule is COc1ccc(C(=O)Nc2cc(F)ccc2F)cc1S(=O)(=O)N(C)C. The van der Waals surface area contributed by atoms with Crippen molar-refractivity contribution in [3.8, 4) is 5.75 Å². The van der Waals surface area contributed by atoms with Crippen LogP contribution in [-0.4, -0.2) is 39.8 Å². The summed E-state index contributed by atoms with van der Waals surface area (Å²) < 4.78 is 57.5. The lowest BCUT2D eigenvalue weighted by molar-refractivity contribution is 0.102. The Morgan fingerprint density at radius 2 is 1.80 bits per heavy atom. The van der Waals surface area contributed by atoms with Gasteiger partial charge < -0.3 is 10.1 Å². The third kappa shape index (κ3) is 3.94. The lowest BCUT2D eigenvalue weighted by Gasteiger charge is -2.15. The van der Waals surface area contributed by atoms with Gasteiger partial charge in [0.1, 0.15) is 22.3 Å². The average molecular weight is 370 g/mol. The van der Waals surface area contributed by atoms with Crippen molar-refractivity contribution in [2.75, 3.05) is 26.5 Å². The molecule has 0 fully saturated rings. The molecule has 0 saturated heterocycles. The number of anilines is 1. The molecule has 6 nitrogen and oxygen atoms in total. The summed E-state index contributed by atoms with van der Waals surface area (Å²) in [6, 6.07) is 6.36. The predicted molar refractivity (Wildman–Crippen MR) is 88.2 cm³/mol. The highest BCUT2D eigenvalue weighted by Crippen LogP contribution is 2.27. The molecule has 0 heterocycles. The normalized spacial score (nSPS) is 11.4. The Labute approximate surface area is 144 Å². The fourth-order valence-electron chi connectivity index (χ4n) is 2.00. The molecular weight excluding hydrogens is 354 g/mol. The number of methoxy groups -OCH3 is 1. The standard InChI is InChI=1S/C16H16F2N2O4S/c1-20(2)25(22,23)15-8-10(4-7-14(15)24-3)16(21)19-13-9-11(17)5-6-12(13)18/h4-9H,1-3H3,(H,19,21). The molecule has 0 radical (unpaired) electrons. The van der Waals surface area contributed by atoms with Crippen LogP contribution >= 0.6 is 0 Å². The van der Waals surface area contributed by atoms with Crippen LogP contribution in [0.3, 0.4) is 0 Å². The molecule has 2 aromatic rings. The van der Waals surface area contributed by atoms with Crippen LogP contribution in [0.15, 0.2) is 41.3 Å². The zero-order valence-corrected chi connectivity index (χ0v) is 14.5. The van der Waals surface area contributed by atoms with Gasteiger partial charge in [-0.2, -0.15) is 0 Å². The van der Waals surface area contributed by atoms with Crippen molar-refractivity contribution < 1.29 is 26.7 Å². The molecule has 0 saturated carbocycles. The van der Waals surface area contributed by atoms with Gasteiger partial charge in [-0.05, 0) is 30.3 Å². The van der Waals surface area contributed by atoms with E-state index in [1.54, 1.807) is 0 Å². The fraction of sp³-hybridized carbons (Fsp3) is 0.188. The van der Waals surface area contributed by atoms with Crippen molar-refractivity contribution in [1.29, 1.82) is 0 Å². The van der Waals surface area contributed by atoms with Gasteiger partial charge in [-0.25, -0.2) is 21.5 Å². The number of rotatable bonds is 5. The predicted octanol–water partition coefficient (Wildman–Crippen LogP) is 2.48. The molecule has 0 aliphatic heterocycles. The first-order valence-corrected chi connectivity index (χ1v) is 8.48. The third-order valence-electron chi connectivity index (χ3n) is 3.36. The monoisotopic (exact) mass is 370 g/mol. The first-order chi connectivity index (χ1) is 11.7. The summed E-state index contributed by atoms with van der Waals surface area (Å²) >= 11 is 0. The van der Waals surface area contributed by atoms with Crippen molar-refractivity contribution in [3.63, 3.8) is 0 Å². The number of nitrogens with zero attached hydrogens (tertiary/aromatic N) is 1. The molecule has 0 unspecified atom stereocenters. The van der Waals surface area contributed by atoms with E-state index in [1.807, 2.05) is 0 Å². The fourth-order valence-corrected chi connectivity index (χ4v) is 3.08. The zero-order valence-electron chi connectivity index (χ0n) is 13.7. The minimum Gasteiger partial charge on any atom is -0.495 e. The van der Waals surface area contributed by atoms with Crippen molar-refractivity contribution in [1.82, 2.24) is 4.31 Å². The van der Waals surface area contributed by atoms with E-state index in [-0.39, 0.29) is 21.9 Å². The van der Waals surface area contributed by atoms with E-state index < -0.39 is 27.6 Å². The Morgan fingerprint density at radius 3 is 2.40 bits per heavy atom. The van der Waals surface area contributed by atoms with Crippen LogP contribution in [0.2, 0.25) is 0 Å². The highest BCUT2D eigenvalue weighted by atomic mass is 32.2. The van der Waals surface area contributed by atoms with Gasteiger partial charge in [0.05, 0.1) is 12.8 Å². The highest BCUT2D eigenvalue weighted by molar-refractivity contribution is 7.89. The van der Waals surface area contributed by atoms with Crippen LogP contribution in [0.4, 0.5) is 14.5 Å². The zero-order chi connectivity index (χ0) is 18.8. The van der Waals surface area contributed by atoms with Gasteiger partial charge in [0.15, 0.2) is 0 Å². The molecular formula is C16H16F2N2O4S. The first-order valence-electron chi connectivity index (χ1n) is 7.03. The Morgan fingerprint density at radius 1 is 1.12 bits per heavy atom. The summed E-state index contributed by atoms with van der Waals surface area (Å²) in [5, 5.41) is 2.21. The number of halogens is 2. The van der Waals surface area contributed by atoms with Crippen molar-refractivity contribution in [3.05, 3.63) is 53.6 Å². The van der Waals surface area contributed by atoms with Crippen LogP contribution in [-0.2, 0) is 10.0 Å². The molecule has 0 atom stereocenters. The summed E-state index contributed by atoms with van der Waals surface area (Å²) in [6.45, 7) is 0. The molecule has 0 bridgehead atoms. The maximum atomic E-state index is 13.6. The van der Waals surface area contributed by atoms with E-state index in [0.29, 0.717) is 0 Å². The molecule has 25 heavy (non-hydrogen) atoms. The number of carbonyl (C=O) groups is 1. The quantitative estimate of drug-likeness (QED) is 0.877. The average Bonchev–Trinajstić information content (AvgIpc) is 2.57. The molecule has 9 heteroatoms. The second kappa shape index (κ2) is 7.16. The van der Waals surface area contributed by atoms with E-state index in [9.17, 15) is 22.0 Å². The minimum absolute atomic E-state index is 0.0510. The van der Waals surface area contributed by atoms with E-state index in [4.69, 9.17) is 4.74 Å². The van der Waals surface area contributed by atoms with Gasteiger partial charge in [0.2, 0.25) is 10.0 Å². The van der Waals surface area contributed by atoms with E-state index in [0.717, 1.165) is 28.6 Å². The summed E-state index contributed by atoms with van der Waals surface area (Å²) in [7, 11) is 0.102. The van der Waals surface area contributed by atoms with E-state index in [1.165, 1.54) is 33.3 Å². The van der Waals surface area contributed by atoms with Crippen molar-refractivity contribution >= 4 is 21.6 Å². The molecule has 0 spiro atoms. The minimum atomic E-state index is -3.87. The first kappa shape index (κ1) is 18.8. The molecule has 1 amide bonds. The number of sulfonamides is 1. The smallest absolute Gasteiger partial charge is 0.255 e. The summed E-state index contributed by atoms with van der Waals surface area (Å²) in [4.78, 5) is 12.1. The molecule has 0 aliphatic carbocycles. The number of nitrogens with one attached hydrogen (secondary N) is 1. The second-order valence-corrected chi connectivity index (χ2v) is 7.35. The molecule has 0 aromatic heterocycles. The molecule has 1 N–H and O–H groups in total. The largest absolute Gasteiger partial charge is 0.495 e. The molecule has 0 aliphatic rings. The number of hydrogen-bond donors (Lipinski definition) is 1. The van der Waals surface area contributed by atoms with E-state index >= 15 is 0 Å². The van der Waals surface area contributed by atoms with Crippen LogP contribution in [0.1, 0.15) is 10.4 Å². The van der Waals surface area contributed by atoms with Gasteiger partial charge >= 0.3 is 0 Å². The number of ether oxygens (including phenoxy) is 1. The lowest BCUT2D eigenvalue weighted by atomic mass is 10.2. The Balaban J connectivity index is 2.43. The van der Waals surface area contributed by atoms with E-state index in [2.05, 4.69) is 5.32 Å². The van der Waals surface area contributed by atoms with Gasteiger partial charge in [-0.1, -0.05) is 0 Å². The maximum Gasteiger partial charge on any atom is 0.255 e. The number of carbonyl (C=O) groups excluding carboxylic acids is 1. The molecule has 2 rings (SSSR count). The number of amides is 1. The summed E-state index contributed by atoms with van der Waals surface area (Å²) in [6.07, 6.45) is 0. The highest BCUT2D eigenvalue weighted by Gasteiger charge is 2.24. The Kier molecular flexibility index (Phi) is 5.39. The third-order valence-corrected chi connectivity index (χ3v) is 5.20. The van der Waals surface area contributed by atoms with Crippen LogP contribution in [0.5, 0.6) is 5.75 Å². The Hall–Kier alpha value is -2.52. The maximum absolute atomic E-state index is 13.6. The molecule has 134 valence electrons. The van der Waals surface area contributed by atoms with Crippen LogP contribution in [0, 0.1) is 11.6 Å². The molecule has 2 aromatic carbocycles. The van der Waals surface area contributed by atoms with Gasteiger partial charge in [-0.15, -0.1) is 0 Å². The van der Waals surface area contributed by atoms with Crippen LogP contribution in [0.25, 0.3) is 0 Å². The summed E-state index contributed by atoms with van der Waals surface area (Å²) in [5.41, 5.74) is -0.400. The van der Waals surface area contributed by atoms with Gasteiger partial charge in [-0.3, -0.25) is 4.79 Å².